The van der Waals surface area contributed by atoms with E-state index in [2.05, 4.69) is 41.9 Å². The summed E-state index contributed by atoms with van der Waals surface area (Å²) < 4.78 is 5.35. The number of aromatic nitrogens is 1. The van der Waals surface area contributed by atoms with Crippen molar-refractivity contribution in [3.63, 3.8) is 0 Å². The van der Waals surface area contributed by atoms with Crippen LogP contribution in [0.25, 0.3) is 0 Å². The number of aliphatic hydroxyl groups is 1. The average molecular weight is 457 g/mol. The fourth-order valence-corrected chi connectivity index (χ4v) is 4.21. The number of methoxy groups -OCH3 is 1. The minimum Gasteiger partial charge on any atom is -0.480 e. The van der Waals surface area contributed by atoms with E-state index in [1.165, 1.54) is 18.2 Å². The Labute approximate surface area is 194 Å². The molecule has 33 heavy (non-hydrogen) atoms. The summed E-state index contributed by atoms with van der Waals surface area (Å²) >= 11 is 0. The number of carbonyl (C=O) groups excluding carboxylic acids is 1. The summed E-state index contributed by atoms with van der Waals surface area (Å²) in [7, 11) is 1.42. The van der Waals surface area contributed by atoms with Gasteiger partial charge in [-0.25, -0.2) is 9.78 Å². The molecule has 1 aromatic carbocycles. The number of benzene rings is 1. The Balaban J connectivity index is 1.85. The molecule has 1 aromatic heterocycles. The number of aliphatic hydroxyl groups excluding tert-OH is 1. The van der Waals surface area contributed by atoms with E-state index in [0.717, 1.165) is 10.6 Å². The van der Waals surface area contributed by atoms with Crippen LogP contribution in [0.2, 0.25) is 0 Å². The third-order valence-electron chi connectivity index (χ3n) is 5.78. The average Bonchev–Trinajstić information content (AvgIpc) is 2.76. The Bertz CT molecular complexity index is 1010. The Hall–Kier alpha value is -3.33. The third kappa shape index (κ3) is 5.54. The number of hydrogen-bond donors (Lipinski definition) is 2. The summed E-state index contributed by atoms with van der Waals surface area (Å²) in [5.74, 6) is -1.01. The van der Waals surface area contributed by atoms with Gasteiger partial charge in [-0.1, -0.05) is 6.07 Å². The smallest absolute Gasteiger partial charge is 0.325 e. The van der Waals surface area contributed by atoms with E-state index in [-0.39, 0.29) is 11.6 Å². The number of carboxylic acid groups (broad SMARTS) is 1. The number of hydrogen-bond acceptors (Lipinski definition) is 6. The molecule has 0 radical (unpaired) electrons. The van der Waals surface area contributed by atoms with E-state index in [4.69, 9.17) is 4.74 Å². The summed E-state index contributed by atoms with van der Waals surface area (Å²) in [4.78, 5) is 34.4. The van der Waals surface area contributed by atoms with Crippen molar-refractivity contribution in [3.05, 3.63) is 46.6 Å². The summed E-state index contributed by atoms with van der Waals surface area (Å²) in [6.07, 6.45) is -0.828. The molecule has 0 bridgehead atoms. The number of urea groups is 1. The molecule has 1 saturated heterocycles. The van der Waals surface area contributed by atoms with Crippen LogP contribution in [0.5, 0.6) is 5.88 Å². The molecular weight excluding hydrogens is 424 g/mol. The van der Waals surface area contributed by atoms with Crippen LogP contribution in [0.15, 0.2) is 24.3 Å². The van der Waals surface area contributed by atoms with E-state index in [9.17, 15) is 19.8 Å². The summed E-state index contributed by atoms with van der Waals surface area (Å²) in [5.41, 5.74) is 4.77. The largest absolute Gasteiger partial charge is 0.480 e. The van der Waals surface area contributed by atoms with Gasteiger partial charge < -0.3 is 24.7 Å². The zero-order chi connectivity index (χ0) is 24.3. The predicted octanol–water partition coefficient (Wildman–Crippen LogP) is 2.90. The topological polar surface area (TPSA) is 106 Å². The van der Waals surface area contributed by atoms with Crippen LogP contribution in [0, 0.1) is 20.8 Å². The van der Waals surface area contributed by atoms with Gasteiger partial charge in [-0.15, -0.1) is 0 Å². The molecule has 1 aliphatic rings. The van der Waals surface area contributed by atoms with Crippen molar-refractivity contribution in [2.24, 2.45) is 0 Å². The van der Waals surface area contributed by atoms with Crippen molar-refractivity contribution in [2.45, 2.75) is 33.8 Å². The molecule has 0 aliphatic carbocycles. The maximum atomic E-state index is 13.4. The fraction of sp³-hybridized carbons (Fsp3) is 0.458. The maximum Gasteiger partial charge on any atom is 0.325 e. The summed E-state index contributed by atoms with van der Waals surface area (Å²) in [6.45, 7) is 9.07. The second-order valence-corrected chi connectivity index (χ2v) is 8.45. The normalized spacial score (nSPS) is 14.7. The quantitative estimate of drug-likeness (QED) is 0.688. The Morgan fingerprint density at radius 2 is 1.70 bits per heavy atom. The number of anilines is 2. The van der Waals surface area contributed by atoms with E-state index >= 15 is 0 Å². The van der Waals surface area contributed by atoms with Crippen molar-refractivity contribution >= 4 is 23.4 Å². The van der Waals surface area contributed by atoms with Crippen LogP contribution in [0.1, 0.15) is 35.4 Å². The first-order valence-corrected chi connectivity index (χ1v) is 11.0. The highest BCUT2D eigenvalue weighted by molar-refractivity contribution is 5.97. The molecule has 2 N–H and O–H groups in total. The first kappa shape index (κ1) is 24.3. The van der Waals surface area contributed by atoms with Gasteiger partial charge in [0.2, 0.25) is 5.88 Å². The van der Waals surface area contributed by atoms with Crippen LogP contribution >= 0.6 is 0 Å². The van der Waals surface area contributed by atoms with Gasteiger partial charge in [0.1, 0.15) is 12.2 Å². The zero-order valence-corrected chi connectivity index (χ0v) is 19.8. The lowest BCUT2D eigenvalue weighted by atomic mass is 10.1. The molecule has 1 aliphatic heterocycles. The second kappa shape index (κ2) is 10.1. The number of aryl methyl sites for hydroxylation is 3. The number of pyridine rings is 1. The number of amides is 2. The number of carbonyl (C=O) groups is 2. The van der Waals surface area contributed by atoms with Gasteiger partial charge in [0.25, 0.3) is 0 Å². The lowest BCUT2D eigenvalue weighted by Crippen LogP contribution is -2.54. The summed E-state index contributed by atoms with van der Waals surface area (Å²) in [5, 5.41) is 19.6. The number of aliphatic carboxylic acids is 1. The molecule has 2 amide bonds. The number of ether oxygens (including phenoxy) is 1. The molecule has 2 heterocycles. The SMILES string of the molecule is COc1nc(C)c(C(C)O)cc1N(CC(=O)O)C(=O)N1CCN(c2cc(C)cc(C)c2)CC1. The molecule has 1 unspecified atom stereocenters. The zero-order valence-electron chi connectivity index (χ0n) is 19.8. The second-order valence-electron chi connectivity index (χ2n) is 8.45. The van der Waals surface area contributed by atoms with Crippen molar-refractivity contribution in [1.82, 2.24) is 9.88 Å². The minimum atomic E-state index is -1.15. The monoisotopic (exact) mass is 456 g/mol. The third-order valence-corrected chi connectivity index (χ3v) is 5.78. The standard InChI is InChI=1S/C24H32N4O5/c1-15-10-16(2)12-19(11-15)26-6-8-27(9-7-26)24(32)28(14-22(30)31)21-13-20(18(4)29)17(3)25-23(21)33-5/h10-13,18,29H,6-9,14H2,1-5H3,(H,30,31). The summed E-state index contributed by atoms with van der Waals surface area (Å²) in [6, 6.07) is 7.53. The van der Waals surface area contributed by atoms with Crippen LogP contribution in [0.4, 0.5) is 16.2 Å². The molecule has 9 nitrogen and oxygen atoms in total. The molecule has 1 atom stereocenters. The van der Waals surface area contributed by atoms with Crippen molar-refractivity contribution < 1.29 is 24.5 Å². The van der Waals surface area contributed by atoms with Gasteiger partial charge in [0, 0.05) is 43.1 Å². The highest BCUT2D eigenvalue weighted by atomic mass is 16.5. The van der Waals surface area contributed by atoms with Crippen molar-refractivity contribution in [2.75, 3.05) is 49.6 Å². The molecule has 9 heteroatoms. The maximum absolute atomic E-state index is 13.4. The van der Waals surface area contributed by atoms with Gasteiger partial charge in [0.15, 0.2) is 0 Å². The van der Waals surface area contributed by atoms with Crippen molar-refractivity contribution in [1.29, 1.82) is 0 Å². The molecule has 0 spiro atoms. The van der Waals surface area contributed by atoms with Gasteiger partial charge in [-0.3, -0.25) is 9.69 Å². The van der Waals surface area contributed by atoms with Crippen molar-refractivity contribution in [3.8, 4) is 5.88 Å². The minimum absolute atomic E-state index is 0.139. The number of rotatable bonds is 6. The number of carboxylic acids is 1. The predicted molar refractivity (Wildman–Crippen MR) is 126 cm³/mol. The number of nitrogens with zero attached hydrogens (tertiary/aromatic N) is 4. The molecule has 1 fully saturated rings. The Kier molecular flexibility index (Phi) is 7.43. The van der Waals surface area contributed by atoms with Gasteiger partial charge in [-0.05, 0) is 57.0 Å². The van der Waals surface area contributed by atoms with Crippen LogP contribution < -0.4 is 14.5 Å². The first-order valence-electron chi connectivity index (χ1n) is 11.0. The number of piperazine rings is 1. The van der Waals surface area contributed by atoms with E-state index < -0.39 is 24.6 Å². The lowest BCUT2D eigenvalue weighted by Gasteiger charge is -2.38. The Morgan fingerprint density at radius 3 is 2.21 bits per heavy atom. The fourth-order valence-electron chi connectivity index (χ4n) is 4.21. The lowest BCUT2D eigenvalue weighted by molar-refractivity contribution is -0.135. The molecular formula is C24H32N4O5. The molecule has 2 aromatic rings. The van der Waals surface area contributed by atoms with Crippen LogP contribution in [-0.4, -0.2) is 71.9 Å². The van der Waals surface area contributed by atoms with E-state index in [1.54, 1.807) is 24.8 Å². The highest BCUT2D eigenvalue weighted by Gasteiger charge is 2.31. The van der Waals surface area contributed by atoms with Crippen LogP contribution in [0.3, 0.4) is 0 Å². The van der Waals surface area contributed by atoms with E-state index in [1.807, 2.05) is 0 Å². The first-order chi connectivity index (χ1) is 15.6. The molecule has 178 valence electrons. The Morgan fingerprint density at radius 1 is 1.09 bits per heavy atom. The van der Waals surface area contributed by atoms with E-state index in [0.29, 0.717) is 37.4 Å². The van der Waals surface area contributed by atoms with Gasteiger partial charge in [0.05, 0.1) is 13.2 Å². The molecule has 0 saturated carbocycles. The van der Waals surface area contributed by atoms with Gasteiger partial charge >= 0.3 is 12.0 Å². The van der Waals surface area contributed by atoms with Gasteiger partial charge in [-0.2, -0.15) is 0 Å². The van der Waals surface area contributed by atoms with Crippen LogP contribution in [-0.2, 0) is 4.79 Å². The molecule has 3 rings (SSSR count). The highest BCUT2D eigenvalue weighted by Crippen LogP contribution is 2.32.